The summed E-state index contributed by atoms with van der Waals surface area (Å²) in [6.07, 6.45) is 1.32. The fourth-order valence-corrected chi connectivity index (χ4v) is 3.56. The average Bonchev–Trinajstić information content (AvgIpc) is 2.82. The third kappa shape index (κ3) is 4.85. The Morgan fingerprint density at radius 3 is 1.88 bits per heavy atom. The summed E-state index contributed by atoms with van der Waals surface area (Å²) in [5, 5.41) is 6.27. The summed E-state index contributed by atoms with van der Waals surface area (Å²) < 4.78 is 11.1. The van der Waals surface area contributed by atoms with E-state index < -0.39 is 17.9 Å². The number of carbonyl (C=O) groups excluding carboxylic acids is 2. The average molecular weight is 446 g/mol. The first-order valence-electron chi connectivity index (χ1n) is 10.6. The maximum absolute atomic E-state index is 12.7. The van der Waals surface area contributed by atoms with Crippen molar-refractivity contribution >= 4 is 33.8 Å². The minimum atomic E-state index is -0.564. The van der Waals surface area contributed by atoms with Crippen molar-refractivity contribution in [2.75, 3.05) is 6.54 Å². The summed E-state index contributed by atoms with van der Waals surface area (Å²) in [5.74, 6) is -1.33. The second-order valence-corrected chi connectivity index (χ2v) is 7.61. The van der Waals surface area contributed by atoms with E-state index in [9.17, 15) is 19.2 Å². The summed E-state index contributed by atoms with van der Waals surface area (Å²) in [6.45, 7) is 2.05. The van der Waals surface area contributed by atoms with Gasteiger partial charge in [0.05, 0.1) is 10.8 Å². The molecule has 2 aromatic carbocycles. The van der Waals surface area contributed by atoms with Gasteiger partial charge in [0.1, 0.15) is 11.2 Å². The fourth-order valence-electron chi connectivity index (χ4n) is 3.56. The van der Waals surface area contributed by atoms with Crippen molar-refractivity contribution < 1.29 is 18.4 Å². The van der Waals surface area contributed by atoms with Crippen molar-refractivity contribution in [3.63, 3.8) is 0 Å². The fraction of sp³-hybridized carbons (Fsp3) is 0.200. The van der Waals surface area contributed by atoms with E-state index in [-0.39, 0.29) is 28.9 Å². The molecule has 2 aromatic heterocycles. The van der Waals surface area contributed by atoms with Gasteiger partial charge in [-0.05, 0) is 30.7 Å². The number of rotatable bonds is 7. The highest BCUT2D eigenvalue weighted by Crippen LogP contribution is 2.13. The van der Waals surface area contributed by atoms with Crippen LogP contribution in [0.15, 0.2) is 79.1 Å². The Kier molecular flexibility index (Phi) is 6.35. The summed E-state index contributed by atoms with van der Waals surface area (Å²) in [6, 6.07) is 15.2. The molecule has 0 aliphatic carbocycles. The Morgan fingerprint density at radius 2 is 1.33 bits per heavy atom. The van der Waals surface area contributed by atoms with Crippen LogP contribution in [0, 0.1) is 0 Å². The van der Waals surface area contributed by atoms with Gasteiger partial charge in [-0.3, -0.25) is 19.2 Å². The number of carbonyl (C=O) groups is 2. The molecule has 8 heteroatoms. The van der Waals surface area contributed by atoms with E-state index in [1.54, 1.807) is 48.5 Å². The van der Waals surface area contributed by atoms with Crippen LogP contribution in [0.3, 0.4) is 0 Å². The number of para-hydroxylation sites is 2. The molecule has 0 saturated heterocycles. The molecule has 2 heterocycles. The van der Waals surface area contributed by atoms with Crippen LogP contribution in [0.4, 0.5) is 0 Å². The molecule has 0 bridgehead atoms. The van der Waals surface area contributed by atoms with Crippen LogP contribution in [-0.2, 0) is 0 Å². The van der Waals surface area contributed by atoms with E-state index in [4.69, 9.17) is 8.83 Å². The van der Waals surface area contributed by atoms with E-state index in [2.05, 4.69) is 10.6 Å². The van der Waals surface area contributed by atoms with E-state index in [1.807, 2.05) is 6.92 Å². The number of fused-ring (bicyclic) bond motifs is 2. The zero-order chi connectivity index (χ0) is 23.4. The van der Waals surface area contributed by atoms with Crippen molar-refractivity contribution in [3.05, 3.63) is 92.6 Å². The van der Waals surface area contributed by atoms with Gasteiger partial charge in [-0.25, -0.2) is 0 Å². The molecule has 0 spiro atoms. The Labute approximate surface area is 188 Å². The van der Waals surface area contributed by atoms with Gasteiger partial charge in [-0.1, -0.05) is 37.6 Å². The third-order valence-corrected chi connectivity index (χ3v) is 5.20. The predicted octanol–water partition coefficient (Wildman–Crippen LogP) is 3.23. The lowest BCUT2D eigenvalue weighted by atomic mass is 10.1. The molecule has 2 amide bonds. The monoisotopic (exact) mass is 446 g/mol. The molecule has 0 fully saturated rings. The third-order valence-electron chi connectivity index (χ3n) is 5.20. The largest absolute Gasteiger partial charge is 0.451 e. The highest BCUT2D eigenvalue weighted by molar-refractivity contribution is 5.94. The Morgan fingerprint density at radius 1 is 0.818 bits per heavy atom. The van der Waals surface area contributed by atoms with Crippen LogP contribution in [0.1, 0.15) is 40.9 Å². The van der Waals surface area contributed by atoms with Crippen LogP contribution in [-0.4, -0.2) is 24.4 Å². The van der Waals surface area contributed by atoms with E-state index in [0.29, 0.717) is 28.4 Å². The van der Waals surface area contributed by atoms with E-state index in [0.717, 1.165) is 18.6 Å². The Balaban J connectivity index is 1.47. The van der Waals surface area contributed by atoms with Gasteiger partial charge < -0.3 is 19.5 Å². The first-order valence-corrected chi connectivity index (χ1v) is 10.6. The standard InChI is InChI=1S/C25H22N2O6/c1-2-7-15(27-25(31)23-13-19(29)17-9-4-6-11-21(17)33-23)14-26-24(30)22-12-18(28)16-8-3-5-10-20(16)32-22/h3-6,8-13,15H,2,7,14H2,1H3,(H,26,30)(H,27,31). The van der Waals surface area contributed by atoms with Gasteiger partial charge >= 0.3 is 0 Å². The number of benzene rings is 2. The van der Waals surface area contributed by atoms with Crippen LogP contribution < -0.4 is 21.5 Å². The van der Waals surface area contributed by atoms with Gasteiger partial charge in [0, 0.05) is 24.7 Å². The second kappa shape index (κ2) is 9.52. The normalized spacial score (nSPS) is 11.9. The molecule has 8 nitrogen and oxygen atoms in total. The SMILES string of the molecule is CCCC(CNC(=O)c1cc(=O)c2ccccc2o1)NC(=O)c1cc(=O)c2ccccc2o1. The minimum Gasteiger partial charge on any atom is -0.451 e. The van der Waals surface area contributed by atoms with Gasteiger partial charge in [0.25, 0.3) is 11.8 Å². The van der Waals surface area contributed by atoms with Crippen LogP contribution in [0.2, 0.25) is 0 Å². The number of nitrogens with one attached hydrogen (secondary N) is 2. The summed E-state index contributed by atoms with van der Waals surface area (Å²) in [4.78, 5) is 49.8. The van der Waals surface area contributed by atoms with E-state index in [1.165, 1.54) is 0 Å². The molecule has 1 atom stereocenters. The number of amides is 2. The van der Waals surface area contributed by atoms with Gasteiger partial charge in [-0.15, -0.1) is 0 Å². The molecule has 0 aliphatic rings. The van der Waals surface area contributed by atoms with Crippen LogP contribution >= 0.6 is 0 Å². The Hall–Kier alpha value is -4.20. The highest BCUT2D eigenvalue weighted by Gasteiger charge is 2.19. The molecule has 4 rings (SSSR count). The molecule has 0 radical (unpaired) electrons. The van der Waals surface area contributed by atoms with Crippen molar-refractivity contribution in [2.24, 2.45) is 0 Å². The summed E-state index contributed by atoms with van der Waals surface area (Å²) >= 11 is 0. The zero-order valence-corrected chi connectivity index (χ0v) is 17.9. The minimum absolute atomic E-state index is 0.104. The first-order chi connectivity index (χ1) is 16.0. The molecule has 0 aliphatic heterocycles. The molecule has 1 unspecified atom stereocenters. The highest BCUT2D eigenvalue weighted by atomic mass is 16.3. The zero-order valence-electron chi connectivity index (χ0n) is 17.9. The maximum Gasteiger partial charge on any atom is 0.287 e. The van der Waals surface area contributed by atoms with Gasteiger partial charge in [0.2, 0.25) is 0 Å². The topological polar surface area (TPSA) is 119 Å². The maximum atomic E-state index is 12.7. The number of hydrogen-bond donors (Lipinski definition) is 2. The lowest BCUT2D eigenvalue weighted by molar-refractivity contribution is 0.0879. The lowest BCUT2D eigenvalue weighted by Gasteiger charge is -2.18. The molecular weight excluding hydrogens is 424 g/mol. The van der Waals surface area contributed by atoms with E-state index >= 15 is 0 Å². The lowest BCUT2D eigenvalue weighted by Crippen LogP contribution is -2.43. The van der Waals surface area contributed by atoms with Crippen LogP contribution in [0.5, 0.6) is 0 Å². The quantitative estimate of drug-likeness (QED) is 0.450. The second-order valence-electron chi connectivity index (χ2n) is 7.61. The van der Waals surface area contributed by atoms with Crippen molar-refractivity contribution in [2.45, 2.75) is 25.8 Å². The molecule has 168 valence electrons. The smallest absolute Gasteiger partial charge is 0.287 e. The van der Waals surface area contributed by atoms with Crippen molar-refractivity contribution in [1.29, 1.82) is 0 Å². The van der Waals surface area contributed by atoms with Gasteiger partial charge in [0.15, 0.2) is 22.4 Å². The predicted molar refractivity (Wildman–Crippen MR) is 123 cm³/mol. The molecule has 4 aromatic rings. The summed E-state index contributed by atoms with van der Waals surface area (Å²) in [5.41, 5.74) is 0.0159. The number of hydrogen-bond acceptors (Lipinski definition) is 6. The van der Waals surface area contributed by atoms with Gasteiger partial charge in [-0.2, -0.15) is 0 Å². The Bertz CT molecular complexity index is 1450. The molecule has 0 saturated carbocycles. The summed E-state index contributed by atoms with van der Waals surface area (Å²) in [7, 11) is 0. The first kappa shape index (κ1) is 22.0. The van der Waals surface area contributed by atoms with Crippen molar-refractivity contribution in [3.8, 4) is 0 Å². The molecule has 33 heavy (non-hydrogen) atoms. The van der Waals surface area contributed by atoms with Crippen LogP contribution in [0.25, 0.3) is 21.9 Å². The van der Waals surface area contributed by atoms with Crippen molar-refractivity contribution in [1.82, 2.24) is 10.6 Å². The molecular formula is C25H22N2O6. The molecule has 2 N–H and O–H groups in total.